The van der Waals surface area contributed by atoms with Crippen molar-refractivity contribution in [3.8, 4) is 0 Å². The summed E-state index contributed by atoms with van der Waals surface area (Å²) in [6, 6.07) is 9.45. The molecule has 0 saturated heterocycles. The van der Waals surface area contributed by atoms with Crippen LogP contribution in [0.15, 0.2) is 40.8 Å². The number of benzene rings is 1. The first-order valence-corrected chi connectivity index (χ1v) is 7.98. The van der Waals surface area contributed by atoms with Gasteiger partial charge < -0.3 is 4.74 Å². The number of aromatic nitrogens is 1. The van der Waals surface area contributed by atoms with Gasteiger partial charge in [0.25, 0.3) is 0 Å². The van der Waals surface area contributed by atoms with Gasteiger partial charge in [-0.3, -0.25) is 9.59 Å². The van der Waals surface area contributed by atoms with Crippen molar-refractivity contribution in [2.45, 2.75) is 20.3 Å². The molecule has 0 radical (unpaired) electrons. The lowest BCUT2D eigenvalue weighted by Gasteiger charge is -2.10. The molecule has 0 fully saturated rings. The number of anilines is 1. The van der Waals surface area contributed by atoms with Crippen LogP contribution in [-0.2, 0) is 20.7 Å². The molecule has 0 unspecified atom stereocenters. The maximum atomic E-state index is 11.8. The number of carbonyl (C=O) groups excluding carboxylic acids is 2. The Morgan fingerprint density at radius 2 is 2.09 bits per heavy atom. The van der Waals surface area contributed by atoms with E-state index in [2.05, 4.69) is 10.1 Å². The molecule has 1 aromatic heterocycles. The smallest absolute Gasteiger partial charge is 0.311 e. The van der Waals surface area contributed by atoms with Crippen molar-refractivity contribution in [2.75, 3.05) is 11.6 Å². The summed E-state index contributed by atoms with van der Waals surface area (Å²) in [5.41, 5.74) is 1.44. The van der Waals surface area contributed by atoms with Gasteiger partial charge in [0, 0.05) is 12.3 Å². The van der Waals surface area contributed by atoms with Crippen LogP contribution in [0.25, 0.3) is 0 Å². The first-order chi connectivity index (χ1) is 11.1. The molecular weight excluding hydrogens is 314 g/mol. The molecule has 0 saturated carbocycles. The van der Waals surface area contributed by atoms with Crippen molar-refractivity contribution < 1.29 is 14.3 Å². The predicted molar refractivity (Wildman–Crippen MR) is 89.6 cm³/mol. The number of amides is 1. The fraction of sp³-hybridized carbons (Fsp3) is 0.250. The van der Waals surface area contributed by atoms with Gasteiger partial charge in [0.15, 0.2) is 0 Å². The van der Waals surface area contributed by atoms with Crippen molar-refractivity contribution in [3.63, 3.8) is 0 Å². The number of carbonyl (C=O) groups is 2. The Morgan fingerprint density at radius 1 is 1.35 bits per heavy atom. The van der Waals surface area contributed by atoms with Crippen LogP contribution in [0.1, 0.15) is 25.1 Å². The Hall–Kier alpha value is -2.54. The second-order valence-electron chi connectivity index (χ2n) is 4.59. The molecule has 0 aliphatic carbocycles. The summed E-state index contributed by atoms with van der Waals surface area (Å²) in [5, 5.41) is 7.54. The highest BCUT2D eigenvalue weighted by Crippen LogP contribution is 2.21. The zero-order chi connectivity index (χ0) is 16.7. The molecular formula is C16H17N3O3S. The van der Waals surface area contributed by atoms with E-state index in [0.717, 1.165) is 5.56 Å². The quantitative estimate of drug-likeness (QED) is 0.463. The molecule has 2 aromatic rings. The van der Waals surface area contributed by atoms with E-state index < -0.39 is 0 Å². The van der Waals surface area contributed by atoms with Crippen LogP contribution >= 0.6 is 11.3 Å². The van der Waals surface area contributed by atoms with Gasteiger partial charge in [-0.1, -0.05) is 30.3 Å². The minimum absolute atomic E-state index is 0.0818. The van der Waals surface area contributed by atoms with Gasteiger partial charge in [-0.2, -0.15) is 10.1 Å². The molecule has 0 atom stereocenters. The summed E-state index contributed by atoms with van der Waals surface area (Å²) in [6.07, 6.45) is 1.67. The lowest BCUT2D eigenvalue weighted by molar-refractivity contribution is -0.142. The molecule has 0 aliphatic rings. The average molecular weight is 331 g/mol. The van der Waals surface area contributed by atoms with Crippen molar-refractivity contribution >= 4 is 34.6 Å². The third-order valence-corrected chi connectivity index (χ3v) is 3.64. The highest BCUT2D eigenvalue weighted by atomic mass is 32.1. The van der Waals surface area contributed by atoms with E-state index in [9.17, 15) is 9.59 Å². The summed E-state index contributed by atoms with van der Waals surface area (Å²) >= 11 is 1.25. The summed E-state index contributed by atoms with van der Waals surface area (Å²) in [6.45, 7) is 3.49. The summed E-state index contributed by atoms with van der Waals surface area (Å²) < 4.78 is 4.88. The lowest BCUT2D eigenvalue weighted by Crippen LogP contribution is -2.22. The molecule has 120 valence electrons. The van der Waals surface area contributed by atoms with Gasteiger partial charge in [-0.05, 0) is 12.5 Å². The fourth-order valence-electron chi connectivity index (χ4n) is 1.76. The predicted octanol–water partition coefficient (Wildman–Crippen LogP) is 2.64. The number of rotatable bonds is 6. The molecule has 1 heterocycles. The van der Waals surface area contributed by atoms with Gasteiger partial charge in [0.2, 0.25) is 11.0 Å². The first kappa shape index (κ1) is 16.8. The van der Waals surface area contributed by atoms with Gasteiger partial charge in [-0.25, -0.2) is 4.98 Å². The van der Waals surface area contributed by atoms with Crippen molar-refractivity contribution in [1.29, 1.82) is 0 Å². The maximum Gasteiger partial charge on any atom is 0.311 e. The first-order valence-electron chi connectivity index (χ1n) is 7.10. The van der Waals surface area contributed by atoms with Crippen LogP contribution in [0, 0.1) is 0 Å². The molecule has 6 nitrogen and oxygen atoms in total. The van der Waals surface area contributed by atoms with Crippen LogP contribution in [0.3, 0.4) is 0 Å². The van der Waals surface area contributed by atoms with Crippen LogP contribution in [-0.4, -0.2) is 29.7 Å². The summed E-state index contributed by atoms with van der Waals surface area (Å²) in [4.78, 5) is 27.5. The van der Waals surface area contributed by atoms with E-state index in [-0.39, 0.29) is 18.3 Å². The van der Waals surface area contributed by atoms with Gasteiger partial charge in [0.1, 0.15) is 0 Å². The van der Waals surface area contributed by atoms with Crippen LogP contribution in [0.2, 0.25) is 0 Å². The van der Waals surface area contributed by atoms with E-state index in [4.69, 9.17) is 4.74 Å². The highest BCUT2D eigenvalue weighted by Gasteiger charge is 2.16. The second-order valence-corrected chi connectivity index (χ2v) is 5.43. The Morgan fingerprint density at radius 3 is 2.74 bits per heavy atom. The maximum absolute atomic E-state index is 11.8. The largest absolute Gasteiger partial charge is 0.466 e. The zero-order valence-corrected chi connectivity index (χ0v) is 13.7. The fourth-order valence-corrected chi connectivity index (χ4v) is 2.59. The summed E-state index contributed by atoms with van der Waals surface area (Å²) in [5.74, 6) is -0.597. The van der Waals surface area contributed by atoms with E-state index in [1.807, 2.05) is 30.3 Å². The van der Waals surface area contributed by atoms with Crippen LogP contribution in [0.5, 0.6) is 0 Å². The van der Waals surface area contributed by atoms with E-state index in [1.54, 1.807) is 18.5 Å². The Bertz CT molecular complexity index is 698. The number of hydrogen-bond acceptors (Lipinski definition) is 6. The zero-order valence-electron chi connectivity index (χ0n) is 12.9. The molecule has 23 heavy (non-hydrogen) atoms. The molecule has 7 heteroatoms. The standard InChI is InChI=1S/C16H17N3O3S/c1-3-22-15(21)9-14-11-23-16(18-14)19(12(2)20)17-10-13-7-5-4-6-8-13/h4-8,10-11H,3,9H2,1-2H3/b17-10+. The SMILES string of the molecule is CCOC(=O)Cc1csc(N(/N=C/c2ccccc2)C(C)=O)n1. The van der Waals surface area contributed by atoms with Crippen LogP contribution in [0.4, 0.5) is 5.13 Å². The van der Waals surface area contributed by atoms with E-state index >= 15 is 0 Å². The Balaban J connectivity index is 2.12. The van der Waals surface area contributed by atoms with Crippen molar-refractivity contribution in [3.05, 3.63) is 47.0 Å². The number of esters is 1. The molecule has 1 aromatic carbocycles. The molecule has 2 rings (SSSR count). The third-order valence-electron chi connectivity index (χ3n) is 2.77. The normalized spacial score (nSPS) is 10.7. The average Bonchev–Trinajstić information content (AvgIpc) is 2.96. The van der Waals surface area contributed by atoms with Crippen LogP contribution < -0.4 is 5.01 Å². The number of hydrazone groups is 1. The van der Waals surface area contributed by atoms with Gasteiger partial charge in [-0.15, -0.1) is 11.3 Å². The lowest BCUT2D eigenvalue weighted by atomic mass is 10.2. The molecule has 0 aliphatic heterocycles. The monoisotopic (exact) mass is 331 g/mol. The Kier molecular flexibility index (Phi) is 5.99. The van der Waals surface area contributed by atoms with E-state index in [1.165, 1.54) is 23.3 Å². The van der Waals surface area contributed by atoms with Crippen molar-refractivity contribution in [2.24, 2.45) is 5.10 Å². The molecule has 0 N–H and O–H groups in total. The minimum Gasteiger partial charge on any atom is -0.466 e. The number of hydrogen-bond donors (Lipinski definition) is 0. The molecule has 0 bridgehead atoms. The van der Waals surface area contributed by atoms with E-state index in [0.29, 0.717) is 17.4 Å². The third kappa shape index (κ3) is 5.00. The number of thiazole rings is 1. The van der Waals surface area contributed by atoms with Gasteiger partial charge in [0.05, 0.1) is 24.9 Å². The van der Waals surface area contributed by atoms with Gasteiger partial charge >= 0.3 is 5.97 Å². The van der Waals surface area contributed by atoms with Crippen molar-refractivity contribution in [1.82, 2.24) is 4.98 Å². The summed E-state index contributed by atoms with van der Waals surface area (Å²) in [7, 11) is 0. The Labute approximate surface area is 138 Å². The molecule has 0 spiro atoms. The second kappa shape index (κ2) is 8.19. The number of nitrogens with zero attached hydrogens (tertiary/aromatic N) is 3. The molecule has 1 amide bonds. The minimum atomic E-state index is -0.341. The highest BCUT2D eigenvalue weighted by molar-refractivity contribution is 7.14. The number of ether oxygens (including phenoxy) is 1. The topological polar surface area (TPSA) is 71.9 Å².